The fourth-order valence-electron chi connectivity index (χ4n) is 9.15. The maximum absolute atomic E-state index is 12.5. The number of allylic oxidation sites excluding steroid dienone is 23. The topological polar surface area (TPSA) is 69.6 Å². The Labute approximate surface area is 478 Å². The molecule has 0 aromatic rings. The highest BCUT2D eigenvalue weighted by Gasteiger charge is 2.18. The molecule has 0 heterocycles. The van der Waals surface area contributed by atoms with Crippen LogP contribution in [0, 0.1) is 0 Å². The van der Waals surface area contributed by atoms with E-state index in [2.05, 4.69) is 153 Å². The third kappa shape index (κ3) is 63.0. The maximum Gasteiger partial charge on any atom is 0.220 e. The van der Waals surface area contributed by atoms with Gasteiger partial charge in [-0.05, 0) is 116 Å². The number of unbranched alkanes of at least 4 members (excludes halogenated alkanes) is 29. The van der Waals surface area contributed by atoms with Crippen molar-refractivity contribution in [3.8, 4) is 0 Å². The highest BCUT2D eigenvalue weighted by atomic mass is 16.3. The summed E-state index contributed by atoms with van der Waals surface area (Å²) in [5, 5.41) is 23.2. The van der Waals surface area contributed by atoms with Crippen LogP contribution in [0.15, 0.2) is 146 Å². The molecular weight excluding hydrogens is 939 g/mol. The monoisotopic (exact) mass is 1060 g/mol. The van der Waals surface area contributed by atoms with Crippen LogP contribution in [0.1, 0.15) is 290 Å². The van der Waals surface area contributed by atoms with Crippen LogP contribution in [0.3, 0.4) is 0 Å². The van der Waals surface area contributed by atoms with Crippen LogP contribution >= 0.6 is 0 Å². The minimum absolute atomic E-state index is 0.0884. The summed E-state index contributed by atoms with van der Waals surface area (Å²) >= 11 is 0. The molecule has 0 bridgehead atoms. The van der Waals surface area contributed by atoms with Gasteiger partial charge in [0, 0.05) is 6.42 Å². The number of nitrogens with one attached hydrogen (secondary N) is 1. The first-order chi connectivity index (χ1) is 38.2. The van der Waals surface area contributed by atoms with E-state index in [1.165, 1.54) is 167 Å². The lowest BCUT2D eigenvalue weighted by Gasteiger charge is -2.19. The average molecular weight is 1060 g/mol. The van der Waals surface area contributed by atoms with Crippen molar-refractivity contribution in [2.75, 3.05) is 6.61 Å². The molecule has 0 saturated heterocycles. The molecule has 0 radical (unpaired) electrons. The van der Waals surface area contributed by atoms with Gasteiger partial charge in [-0.15, -0.1) is 0 Å². The lowest BCUT2D eigenvalue weighted by Crippen LogP contribution is -2.45. The molecule has 0 aliphatic carbocycles. The molecule has 0 fully saturated rings. The Bertz CT molecular complexity index is 1580. The van der Waals surface area contributed by atoms with Crippen LogP contribution in [0.4, 0.5) is 0 Å². The third-order valence-corrected chi connectivity index (χ3v) is 14.0. The maximum atomic E-state index is 12.5. The van der Waals surface area contributed by atoms with Crippen molar-refractivity contribution in [3.05, 3.63) is 146 Å². The van der Waals surface area contributed by atoms with Gasteiger partial charge in [0.05, 0.1) is 18.8 Å². The lowest BCUT2D eigenvalue weighted by molar-refractivity contribution is -0.123. The molecule has 0 aliphatic heterocycles. The fourth-order valence-corrected chi connectivity index (χ4v) is 9.15. The zero-order valence-corrected chi connectivity index (χ0v) is 50.4. The first kappa shape index (κ1) is 73.3. The number of carbonyl (C=O) groups is 1. The molecule has 1 amide bonds. The van der Waals surface area contributed by atoms with Gasteiger partial charge in [0.25, 0.3) is 0 Å². The van der Waals surface area contributed by atoms with E-state index in [1.54, 1.807) is 6.08 Å². The van der Waals surface area contributed by atoms with E-state index in [0.29, 0.717) is 6.42 Å². The molecule has 0 spiro atoms. The Morgan fingerprint density at radius 3 is 0.909 bits per heavy atom. The largest absolute Gasteiger partial charge is 0.394 e. The van der Waals surface area contributed by atoms with E-state index < -0.39 is 12.1 Å². The van der Waals surface area contributed by atoms with Crippen molar-refractivity contribution in [1.82, 2.24) is 5.32 Å². The molecule has 4 heteroatoms. The molecule has 2 atom stereocenters. The minimum atomic E-state index is -0.885. The summed E-state index contributed by atoms with van der Waals surface area (Å²) in [7, 11) is 0. The highest BCUT2D eigenvalue weighted by Crippen LogP contribution is 2.16. The summed E-state index contributed by atoms with van der Waals surface area (Å²) in [4.78, 5) is 12.5. The summed E-state index contributed by atoms with van der Waals surface area (Å²) in [6.45, 7) is 4.19. The number of hydrogen-bond donors (Lipinski definition) is 3. The van der Waals surface area contributed by atoms with Gasteiger partial charge < -0.3 is 15.5 Å². The molecular formula is C73H123NO3. The van der Waals surface area contributed by atoms with E-state index in [1.807, 2.05) is 6.08 Å². The summed E-state index contributed by atoms with van der Waals surface area (Å²) in [5.41, 5.74) is 0. The van der Waals surface area contributed by atoms with Crippen molar-refractivity contribution >= 4 is 5.91 Å². The number of aliphatic hydroxyl groups excluding tert-OH is 2. The van der Waals surface area contributed by atoms with Gasteiger partial charge in [-0.25, -0.2) is 0 Å². The molecule has 4 nitrogen and oxygen atoms in total. The number of amides is 1. The number of aliphatic hydroxyl groups is 2. The van der Waals surface area contributed by atoms with Gasteiger partial charge in [0.1, 0.15) is 0 Å². The minimum Gasteiger partial charge on any atom is -0.394 e. The second kappa shape index (κ2) is 66.5. The average Bonchev–Trinajstić information content (AvgIpc) is 3.43. The van der Waals surface area contributed by atoms with E-state index in [4.69, 9.17) is 0 Å². The van der Waals surface area contributed by atoms with Crippen molar-refractivity contribution in [1.29, 1.82) is 0 Å². The fraction of sp³-hybridized carbons (Fsp3) is 0.658. The first-order valence-electron chi connectivity index (χ1n) is 32.5. The van der Waals surface area contributed by atoms with Crippen molar-refractivity contribution in [2.24, 2.45) is 0 Å². The standard InChI is InChI=1S/C73H123NO3/c1-3-5-7-9-11-13-15-17-19-21-23-25-27-29-31-33-34-35-36-37-38-39-40-41-43-45-47-49-51-53-55-57-59-61-63-65-67-69-73(77)74-71(70-75)72(76)68-66-64-62-60-58-56-54-52-50-48-46-44-42-32-30-28-26-24-22-20-18-16-14-12-10-8-6-4-2/h5,7,11,13,17,19,23,25,29,31,34-35,37-38,40-41,45,47,50,52,58,60,66,68,71-72,75-76H,3-4,6,8-10,12,14-16,18,20-22,24,26-28,30,32-33,36,39,42-44,46,48-49,51,53-57,59,61-65,67,69-70H2,1-2H3,(H,74,77)/b7-5-,13-11-,19-17-,25-23-,31-29-,35-34-,38-37-,41-40-,47-45-,52-50+,60-58+,68-66+. The van der Waals surface area contributed by atoms with Crippen LogP contribution in [-0.4, -0.2) is 34.9 Å². The lowest BCUT2D eigenvalue weighted by atomic mass is 10.0. The summed E-state index contributed by atoms with van der Waals surface area (Å²) < 4.78 is 0. The third-order valence-electron chi connectivity index (χ3n) is 14.0. The highest BCUT2D eigenvalue weighted by molar-refractivity contribution is 5.76. The quantitative estimate of drug-likeness (QED) is 0.0420. The molecule has 0 aromatic carbocycles. The zero-order chi connectivity index (χ0) is 55.5. The normalized spacial score (nSPS) is 13.8. The van der Waals surface area contributed by atoms with Crippen LogP contribution in [0.25, 0.3) is 0 Å². The summed E-state index contributed by atoms with van der Waals surface area (Å²) in [5.74, 6) is -0.0884. The molecule has 438 valence electrons. The molecule has 2 unspecified atom stereocenters. The number of carbonyl (C=O) groups excluding carboxylic acids is 1. The molecule has 0 aliphatic rings. The van der Waals surface area contributed by atoms with Crippen LogP contribution < -0.4 is 5.32 Å². The van der Waals surface area contributed by atoms with Gasteiger partial charge in [-0.2, -0.15) is 0 Å². The Kier molecular flexibility index (Phi) is 63.3. The Hall–Kier alpha value is -3.73. The molecule has 0 saturated carbocycles. The van der Waals surface area contributed by atoms with E-state index >= 15 is 0 Å². The van der Waals surface area contributed by atoms with Crippen molar-refractivity contribution in [2.45, 2.75) is 302 Å². The Morgan fingerprint density at radius 1 is 0.325 bits per heavy atom. The molecule has 77 heavy (non-hydrogen) atoms. The van der Waals surface area contributed by atoms with Crippen LogP contribution in [0.2, 0.25) is 0 Å². The van der Waals surface area contributed by atoms with E-state index in [9.17, 15) is 15.0 Å². The Balaban J connectivity index is 3.63. The SMILES string of the molecule is CC/C=C\C/C=C\C/C=C\C/C=C\C/C=C\C/C=C\C/C=C\C/C=C\C/C=C\CCCCCCCCCCCC(=O)NC(CO)C(O)/C=C/CC/C=C/CC/C=C/CCCCCCCCCCCCCCCCCCCC. The van der Waals surface area contributed by atoms with E-state index in [-0.39, 0.29) is 12.5 Å². The van der Waals surface area contributed by atoms with Gasteiger partial charge in [-0.3, -0.25) is 4.79 Å². The zero-order valence-electron chi connectivity index (χ0n) is 50.4. The summed E-state index contributed by atoms with van der Waals surface area (Å²) in [6.07, 6.45) is 105. The first-order valence-corrected chi connectivity index (χ1v) is 32.5. The van der Waals surface area contributed by atoms with Gasteiger partial charge in [0.15, 0.2) is 0 Å². The van der Waals surface area contributed by atoms with Gasteiger partial charge in [-0.1, -0.05) is 314 Å². The van der Waals surface area contributed by atoms with Crippen LogP contribution in [0.5, 0.6) is 0 Å². The molecule has 0 rings (SSSR count). The van der Waals surface area contributed by atoms with Crippen molar-refractivity contribution < 1.29 is 15.0 Å². The Morgan fingerprint density at radius 2 is 0.584 bits per heavy atom. The predicted molar refractivity (Wildman–Crippen MR) is 345 cm³/mol. The van der Waals surface area contributed by atoms with E-state index in [0.717, 1.165) is 103 Å². The van der Waals surface area contributed by atoms with Gasteiger partial charge >= 0.3 is 0 Å². The second-order valence-corrected chi connectivity index (χ2v) is 21.4. The molecule has 0 aromatic heterocycles. The second-order valence-electron chi connectivity index (χ2n) is 21.4. The number of hydrogen-bond acceptors (Lipinski definition) is 3. The number of rotatable bonds is 58. The van der Waals surface area contributed by atoms with Crippen molar-refractivity contribution in [3.63, 3.8) is 0 Å². The smallest absolute Gasteiger partial charge is 0.220 e. The molecule has 3 N–H and O–H groups in total. The van der Waals surface area contributed by atoms with Crippen LogP contribution in [-0.2, 0) is 4.79 Å². The predicted octanol–water partition coefficient (Wildman–Crippen LogP) is 22.3. The van der Waals surface area contributed by atoms with Gasteiger partial charge in [0.2, 0.25) is 5.91 Å². The summed E-state index contributed by atoms with van der Waals surface area (Å²) in [6, 6.07) is -0.661.